The Balaban J connectivity index is 1.92. The second kappa shape index (κ2) is 11.5. The fraction of sp³-hybridized carbons (Fsp3) is 0.440. The Morgan fingerprint density at radius 2 is 1.59 bits per heavy atom. The van der Waals surface area contributed by atoms with E-state index in [9.17, 15) is 9.59 Å². The largest absolute Gasteiger partial charge is 0.494 e. The Kier molecular flexibility index (Phi) is 9.33. The van der Waals surface area contributed by atoms with E-state index < -0.39 is 8.56 Å². The number of ether oxygens (including phenoxy) is 1. The van der Waals surface area contributed by atoms with E-state index in [0.29, 0.717) is 29.5 Å². The maximum absolute atomic E-state index is 12.7. The third-order valence-corrected chi connectivity index (χ3v) is 7.93. The third kappa shape index (κ3) is 7.67. The van der Waals surface area contributed by atoms with Crippen LogP contribution in [-0.2, 0) is 19.3 Å². The molecule has 0 saturated heterocycles. The summed E-state index contributed by atoms with van der Waals surface area (Å²) < 4.78 is 16.5. The van der Waals surface area contributed by atoms with E-state index in [2.05, 4.69) is 20.8 Å². The van der Waals surface area contributed by atoms with E-state index in [4.69, 9.17) is 18.6 Å². The van der Waals surface area contributed by atoms with Crippen LogP contribution in [0.5, 0.6) is 5.75 Å². The van der Waals surface area contributed by atoms with E-state index in [1.165, 1.54) is 7.11 Å². The first-order chi connectivity index (χ1) is 15.1. The zero-order valence-corrected chi connectivity index (χ0v) is 20.9. The van der Waals surface area contributed by atoms with Crippen LogP contribution in [0.4, 0.5) is 0 Å². The van der Waals surface area contributed by atoms with Gasteiger partial charge in [0.15, 0.2) is 11.6 Å². The number of benzene rings is 2. The van der Waals surface area contributed by atoms with Crippen LogP contribution < -0.4 is 4.74 Å². The monoisotopic (exact) mass is 458 g/mol. The summed E-state index contributed by atoms with van der Waals surface area (Å²) in [7, 11) is 0.731. The predicted molar refractivity (Wildman–Crippen MR) is 127 cm³/mol. The molecule has 7 heteroatoms. The van der Waals surface area contributed by atoms with E-state index in [1.807, 2.05) is 18.7 Å². The number of Topliss-reactive ketones (excluding diaryl/α,β-unsaturated/α-hetero) is 2. The van der Waals surface area contributed by atoms with Crippen LogP contribution in [0, 0.1) is 0 Å². The maximum Gasteiger partial charge on any atom is 0.371 e. The molecule has 2 aromatic carbocycles. The molecule has 0 aliphatic carbocycles. The van der Waals surface area contributed by atoms with E-state index in [1.54, 1.807) is 43.5 Å². The van der Waals surface area contributed by atoms with Crippen molar-refractivity contribution in [3.05, 3.63) is 65.2 Å². The number of hydrogen-bond donors (Lipinski definition) is 0. The average Bonchev–Trinajstić information content (AvgIpc) is 2.76. The molecule has 0 heterocycles. The van der Waals surface area contributed by atoms with Gasteiger partial charge in [0, 0.05) is 18.2 Å². The maximum atomic E-state index is 12.7. The Morgan fingerprint density at radius 3 is 2.19 bits per heavy atom. The lowest BCUT2D eigenvalue weighted by Gasteiger charge is -2.22. The standard InChI is InChI=1S/C25H34O6Si/c1-25(2,3)21-13-11-19(12-14-21)23(26)18-24(27)20-9-7-10-22(17-20)30-15-8-16-32(6,29-5)31-28-4/h7,9-14,17H,8,15-16,18H2,1-6H3. The van der Waals surface area contributed by atoms with Crippen LogP contribution >= 0.6 is 0 Å². The predicted octanol–water partition coefficient (Wildman–Crippen LogP) is 5.51. The zero-order chi connectivity index (χ0) is 23.8. The van der Waals surface area contributed by atoms with Gasteiger partial charge in [-0.3, -0.25) is 14.2 Å². The first kappa shape index (κ1) is 25.9. The van der Waals surface area contributed by atoms with Crippen molar-refractivity contribution in [2.75, 3.05) is 20.8 Å². The van der Waals surface area contributed by atoms with Crippen molar-refractivity contribution in [3.8, 4) is 5.75 Å². The summed E-state index contributed by atoms with van der Waals surface area (Å²) in [5, 5.41) is 0. The fourth-order valence-electron chi connectivity index (χ4n) is 3.20. The summed E-state index contributed by atoms with van der Waals surface area (Å²) in [4.78, 5) is 30.0. The van der Waals surface area contributed by atoms with Gasteiger partial charge in [0.25, 0.3) is 0 Å². The summed E-state index contributed by atoms with van der Waals surface area (Å²) in [5.74, 6) is 0.170. The van der Waals surface area contributed by atoms with Gasteiger partial charge in [-0.1, -0.05) is 57.2 Å². The molecule has 174 valence electrons. The summed E-state index contributed by atoms with van der Waals surface area (Å²) >= 11 is 0. The molecule has 0 aliphatic rings. The van der Waals surface area contributed by atoms with Gasteiger partial charge in [-0.05, 0) is 42.1 Å². The molecule has 2 aromatic rings. The smallest absolute Gasteiger partial charge is 0.371 e. The van der Waals surface area contributed by atoms with Crippen LogP contribution in [0.1, 0.15) is 59.9 Å². The molecule has 2 rings (SSSR count). The molecule has 0 radical (unpaired) electrons. The first-order valence-electron chi connectivity index (χ1n) is 10.7. The lowest BCUT2D eigenvalue weighted by molar-refractivity contribution is -0.205. The normalized spacial score (nSPS) is 13.4. The van der Waals surface area contributed by atoms with Gasteiger partial charge in [-0.15, -0.1) is 0 Å². The minimum atomic E-state index is -2.35. The van der Waals surface area contributed by atoms with Crippen molar-refractivity contribution in [1.82, 2.24) is 0 Å². The molecule has 0 fully saturated rings. The number of rotatable bonds is 12. The van der Waals surface area contributed by atoms with Crippen molar-refractivity contribution in [1.29, 1.82) is 0 Å². The molecule has 0 N–H and O–H groups in total. The van der Waals surface area contributed by atoms with Crippen molar-refractivity contribution in [2.45, 2.75) is 51.6 Å². The van der Waals surface area contributed by atoms with Crippen LogP contribution in [0.25, 0.3) is 0 Å². The zero-order valence-electron chi connectivity index (χ0n) is 19.9. The molecule has 0 bridgehead atoms. The van der Waals surface area contributed by atoms with Gasteiger partial charge in [0.1, 0.15) is 5.75 Å². The summed E-state index contributed by atoms with van der Waals surface area (Å²) in [6.07, 6.45) is 0.547. The van der Waals surface area contributed by atoms with Gasteiger partial charge in [-0.25, -0.2) is 4.89 Å². The summed E-state index contributed by atoms with van der Waals surface area (Å²) in [5.41, 5.74) is 2.16. The molecule has 0 aromatic heterocycles. The number of carbonyl (C=O) groups is 2. The molecule has 1 unspecified atom stereocenters. The highest BCUT2D eigenvalue weighted by molar-refractivity contribution is 6.65. The molecule has 0 saturated carbocycles. The lowest BCUT2D eigenvalue weighted by Crippen LogP contribution is -2.37. The highest BCUT2D eigenvalue weighted by Gasteiger charge is 2.31. The topological polar surface area (TPSA) is 71.1 Å². The molecule has 0 spiro atoms. The highest BCUT2D eigenvalue weighted by Crippen LogP contribution is 2.23. The third-order valence-electron chi connectivity index (χ3n) is 5.29. The van der Waals surface area contributed by atoms with Crippen LogP contribution in [-0.4, -0.2) is 41.0 Å². The number of carbonyl (C=O) groups excluding carboxylic acids is 2. The number of ketones is 2. The van der Waals surface area contributed by atoms with Crippen LogP contribution in [0.3, 0.4) is 0 Å². The fourth-order valence-corrected chi connectivity index (χ4v) is 4.70. The van der Waals surface area contributed by atoms with Crippen LogP contribution in [0.2, 0.25) is 12.6 Å². The Bertz CT molecular complexity index is 903. The molecular weight excluding hydrogens is 424 g/mol. The minimum Gasteiger partial charge on any atom is -0.494 e. The lowest BCUT2D eigenvalue weighted by atomic mass is 9.86. The molecule has 32 heavy (non-hydrogen) atoms. The van der Waals surface area contributed by atoms with Gasteiger partial charge in [0.2, 0.25) is 0 Å². The van der Waals surface area contributed by atoms with E-state index in [0.717, 1.165) is 12.0 Å². The van der Waals surface area contributed by atoms with Gasteiger partial charge in [0.05, 0.1) is 20.1 Å². The van der Waals surface area contributed by atoms with Gasteiger partial charge >= 0.3 is 8.56 Å². The molecular formula is C25H34O6Si. The molecule has 6 nitrogen and oxygen atoms in total. The van der Waals surface area contributed by atoms with E-state index in [-0.39, 0.29) is 23.4 Å². The second-order valence-corrected chi connectivity index (χ2v) is 12.3. The van der Waals surface area contributed by atoms with Crippen molar-refractivity contribution in [3.63, 3.8) is 0 Å². The SMILES string of the molecule is COO[Si](C)(CCCOc1cccc(C(=O)CC(=O)c2ccc(C(C)(C)C)cc2)c1)OC. The van der Waals surface area contributed by atoms with Gasteiger partial charge in [-0.2, -0.15) is 0 Å². The van der Waals surface area contributed by atoms with Crippen LogP contribution in [0.15, 0.2) is 48.5 Å². The molecule has 0 aliphatic heterocycles. The average molecular weight is 459 g/mol. The van der Waals surface area contributed by atoms with E-state index >= 15 is 0 Å². The van der Waals surface area contributed by atoms with Crippen molar-refractivity contribution < 1.29 is 28.2 Å². The molecule has 0 amide bonds. The minimum absolute atomic E-state index is 0.0129. The van der Waals surface area contributed by atoms with Gasteiger partial charge < -0.3 is 9.16 Å². The Hall–Kier alpha value is -2.32. The molecule has 1 atom stereocenters. The van der Waals surface area contributed by atoms with Crippen molar-refractivity contribution >= 4 is 20.1 Å². The number of hydrogen-bond acceptors (Lipinski definition) is 6. The quantitative estimate of drug-likeness (QED) is 0.104. The second-order valence-electron chi connectivity index (χ2n) is 8.92. The Morgan fingerprint density at radius 1 is 0.938 bits per heavy atom. The highest BCUT2D eigenvalue weighted by atomic mass is 28.4. The Labute approximate surface area is 192 Å². The summed E-state index contributed by atoms with van der Waals surface area (Å²) in [6, 6.07) is 15.1. The first-order valence-corrected chi connectivity index (χ1v) is 13.3. The summed E-state index contributed by atoms with van der Waals surface area (Å²) in [6.45, 7) is 8.73. The van der Waals surface area contributed by atoms with Crippen molar-refractivity contribution in [2.24, 2.45) is 0 Å².